The van der Waals surface area contributed by atoms with Crippen molar-refractivity contribution in [3.05, 3.63) is 70.5 Å². The lowest BCUT2D eigenvalue weighted by Crippen LogP contribution is -2.34. The molecule has 1 aliphatic heterocycles. The molecular formula is C24H26N4O6. The summed E-state index contributed by atoms with van der Waals surface area (Å²) in [4.78, 5) is 52.1. The maximum absolute atomic E-state index is 13.0. The highest BCUT2D eigenvalue weighted by Gasteiger charge is 2.37. The van der Waals surface area contributed by atoms with E-state index in [0.29, 0.717) is 17.1 Å². The molecule has 2 aromatic heterocycles. The summed E-state index contributed by atoms with van der Waals surface area (Å²) in [6.45, 7) is 3.60. The predicted octanol–water partition coefficient (Wildman–Crippen LogP) is 2.00. The molecule has 1 aromatic carbocycles. The van der Waals surface area contributed by atoms with Gasteiger partial charge in [0.05, 0.1) is 30.1 Å². The molecule has 1 saturated heterocycles. The van der Waals surface area contributed by atoms with E-state index in [4.69, 9.17) is 9.15 Å². The van der Waals surface area contributed by atoms with Crippen LogP contribution in [0.4, 0.5) is 5.69 Å². The Kier molecular flexibility index (Phi) is 6.40. The molecule has 0 unspecified atom stereocenters. The van der Waals surface area contributed by atoms with E-state index in [0.717, 1.165) is 0 Å². The molecule has 10 heteroatoms. The van der Waals surface area contributed by atoms with Crippen LogP contribution in [-0.4, -0.2) is 44.7 Å². The van der Waals surface area contributed by atoms with Crippen LogP contribution in [0.15, 0.2) is 57.9 Å². The normalized spacial score (nSPS) is 16.5. The number of amides is 2. The van der Waals surface area contributed by atoms with Crippen LogP contribution < -0.4 is 10.9 Å². The van der Waals surface area contributed by atoms with E-state index in [9.17, 15) is 19.2 Å². The molecule has 0 radical (unpaired) electrons. The summed E-state index contributed by atoms with van der Waals surface area (Å²) in [5, 5.41) is 2.59. The van der Waals surface area contributed by atoms with E-state index in [2.05, 4.69) is 5.32 Å². The summed E-state index contributed by atoms with van der Waals surface area (Å²) < 4.78 is 13.7. The lowest BCUT2D eigenvalue weighted by atomic mass is 10.1. The van der Waals surface area contributed by atoms with Crippen molar-refractivity contribution in [2.24, 2.45) is 13.0 Å². The smallest absolute Gasteiger partial charge is 0.312 e. The van der Waals surface area contributed by atoms with Crippen LogP contribution in [0, 0.1) is 12.8 Å². The van der Waals surface area contributed by atoms with E-state index < -0.39 is 29.5 Å². The minimum Gasteiger partial charge on any atom is -0.467 e. The van der Waals surface area contributed by atoms with E-state index in [1.807, 2.05) is 18.2 Å². The Morgan fingerprint density at radius 3 is 2.59 bits per heavy atom. The standard InChI is InChI=1S/C24H26N4O6/c1-15-21(23(31)28(26(15)3)18-8-5-4-6-9-18)25-22(30)16(2)34-24(32)17-12-20(29)27(13-17)14-19-10-7-11-33-19/h4-11,16-17H,12-14H2,1-3H3,(H,25,30)/t16-,17+/m0/s1. The number of carbonyl (C=O) groups excluding carboxylic acids is 3. The number of rotatable bonds is 7. The van der Waals surface area contributed by atoms with Crippen molar-refractivity contribution in [2.75, 3.05) is 11.9 Å². The Labute approximate surface area is 195 Å². The molecule has 2 atom stereocenters. The van der Waals surface area contributed by atoms with Crippen LogP contribution in [-0.2, 0) is 32.7 Å². The average molecular weight is 466 g/mol. The molecular weight excluding hydrogens is 440 g/mol. The summed E-state index contributed by atoms with van der Waals surface area (Å²) in [6, 6.07) is 12.5. The number of esters is 1. The molecule has 3 aromatic rings. The zero-order chi connectivity index (χ0) is 24.4. The van der Waals surface area contributed by atoms with Crippen LogP contribution in [0.1, 0.15) is 24.8 Å². The van der Waals surface area contributed by atoms with Crippen molar-refractivity contribution < 1.29 is 23.5 Å². The van der Waals surface area contributed by atoms with Crippen LogP contribution >= 0.6 is 0 Å². The van der Waals surface area contributed by atoms with Crippen molar-refractivity contribution in [1.29, 1.82) is 0 Å². The first kappa shape index (κ1) is 23.1. The summed E-state index contributed by atoms with van der Waals surface area (Å²) in [7, 11) is 1.72. The number of para-hydroxylation sites is 1. The van der Waals surface area contributed by atoms with Gasteiger partial charge in [0, 0.05) is 20.0 Å². The highest BCUT2D eigenvalue weighted by Crippen LogP contribution is 2.22. The molecule has 34 heavy (non-hydrogen) atoms. The van der Waals surface area contributed by atoms with Gasteiger partial charge in [0.25, 0.3) is 11.5 Å². The van der Waals surface area contributed by atoms with Gasteiger partial charge < -0.3 is 19.4 Å². The summed E-state index contributed by atoms with van der Waals surface area (Å²) in [5.41, 5.74) is 0.923. The van der Waals surface area contributed by atoms with Gasteiger partial charge in [-0.15, -0.1) is 0 Å². The van der Waals surface area contributed by atoms with Gasteiger partial charge >= 0.3 is 5.97 Å². The molecule has 1 N–H and O–H groups in total. The highest BCUT2D eigenvalue weighted by atomic mass is 16.5. The third-order valence-electron chi connectivity index (χ3n) is 5.94. The SMILES string of the molecule is Cc1c(NC(=O)[C@H](C)OC(=O)[C@@H]2CC(=O)N(Cc3ccco3)C2)c(=O)n(-c2ccccc2)n1C. The average Bonchev–Trinajstić information content (AvgIpc) is 3.51. The fourth-order valence-electron chi connectivity index (χ4n) is 3.93. The maximum Gasteiger partial charge on any atom is 0.312 e. The minimum atomic E-state index is -1.15. The van der Waals surface area contributed by atoms with Crippen LogP contribution in [0.3, 0.4) is 0 Å². The Morgan fingerprint density at radius 2 is 1.91 bits per heavy atom. The monoisotopic (exact) mass is 466 g/mol. The molecule has 2 amide bonds. The number of nitrogens with one attached hydrogen (secondary N) is 1. The number of hydrogen-bond acceptors (Lipinski definition) is 6. The van der Waals surface area contributed by atoms with E-state index in [-0.39, 0.29) is 31.1 Å². The first-order valence-corrected chi connectivity index (χ1v) is 10.9. The molecule has 3 heterocycles. The number of hydrogen-bond donors (Lipinski definition) is 1. The second-order valence-corrected chi connectivity index (χ2v) is 8.26. The molecule has 0 aliphatic carbocycles. The van der Waals surface area contributed by atoms with E-state index in [1.165, 1.54) is 22.8 Å². The third kappa shape index (κ3) is 4.52. The molecule has 178 valence electrons. The van der Waals surface area contributed by atoms with Gasteiger partial charge in [0.15, 0.2) is 6.10 Å². The van der Waals surface area contributed by atoms with Gasteiger partial charge in [-0.2, -0.15) is 0 Å². The minimum absolute atomic E-state index is 0.00740. The van der Waals surface area contributed by atoms with Crippen LogP contribution in [0.2, 0.25) is 0 Å². The van der Waals surface area contributed by atoms with Crippen molar-refractivity contribution in [3.8, 4) is 5.69 Å². The lowest BCUT2D eigenvalue weighted by Gasteiger charge is -2.17. The Morgan fingerprint density at radius 1 is 1.18 bits per heavy atom. The van der Waals surface area contributed by atoms with Gasteiger partial charge in [-0.05, 0) is 38.1 Å². The molecule has 4 rings (SSSR count). The molecule has 0 bridgehead atoms. The zero-order valence-electron chi connectivity index (χ0n) is 19.2. The quantitative estimate of drug-likeness (QED) is 0.533. The zero-order valence-corrected chi connectivity index (χ0v) is 19.2. The second-order valence-electron chi connectivity index (χ2n) is 8.26. The largest absolute Gasteiger partial charge is 0.467 e. The lowest BCUT2D eigenvalue weighted by molar-refractivity contribution is -0.157. The number of nitrogens with zero attached hydrogens (tertiary/aromatic N) is 3. The molecule has 1 aliphatic rings. The first-order valence-electron chi connectivity index (χ1n) is 10.9. The molecule has 1 fully saturated rings. The van der Waals surface area contributed by atoms with Crippen molar-refractivity contribution >= 4 is 23.5 Å². The van der Waals surface area contributed by atoms with Gasteiger partial charge in [-0.3, -0.25) is 23.9 Å². The molecule has 0 saturated carbocycles. The van der Waals surface area contributed by atoms with Crippen LogP contribution in [0.25, 0.3) is 5.69 Å². The maximum atomic E-state index is 13.0. The van der Waals surface area contributed by atoms with E-state index in [1.54, 1.807) is 42.9 Å². The number of likely N-dealkylation sites (tertiary alicyclic amines) is 1. The molecule has 0 spiro atoms. The fourth-order valence-corrected chi connectivity index (χ4v) is 3.93. The summed E-state index contributed by atoms with van der Waals surface area (Å²) in [5.74, 6) is -1.50. The summed E-state index contributed by atoms with van der Waals surface area (Å²) in [6.07, 6.45) is 0.379. The number of carbonyl (C=O) groups is 3. The van der Waals surface area contributed by atoms with Gasteiger partial charge in [-0.25, -0.2) is 4.68 Å². The second kappa shape index (κ2) is 9.42. The number of furan rings is 1. The third-order valence-corrected chi connectivity index (χ3v) is 5.94. The fraction of sp³-hybridized carbons (Fsp3) is 0.333. The Bertz CT molecular complexity index is 1260. The number of ether oxygens (including phenoxy) is 1. The summed E-state index contributed by atoms with van der Waals surface area (Å²) >= 11 is 0. The van der Waals surface area contributed by atoms with Gasteiger partial charge in [-0.1, -0.05) is 18.2 Å². The number of anilines is 1. The number of aromatic nitrogens is 2. The highest BCUT2D eigenvalue weighted by molar-refractivity contribution is 5.96. The Hall–Kier alpha value is -4.08. The van der Waals surface area contributed by atoms with E-state index >= 15 is 0 Å². The van der Waals surface area contributed by atoms with Crippen LogP contribution in [0.5, 0.6) is 0 Å². The van der Waals surface area contributed by atoms with Crippen molar-refractivity contribution in [2.45, 2.75) is 32.9 Å². The topological polar surface area (TPSA) is 116 Å². The Balaban J connectivity index is 1.39. The number of benzene rings is 1. The first-order chi connectivity index (χ1) is 16.3. The van der Waals surface area contributed by atoms with Gasteiger partial charge in [0.1, 0.15) is 11.4 Å². The molecule has 10 nitrogen and oxygen atoms in total. The predicted molar refractivity (Wildman–Crippen MR) is 122 cm³/mol. The van der Waals surface area contributed by atoms with Crippen molar-refractivity contribution in [3.63, 3.8) is 0 Å². The van der Waals surface area contributed by atoms with Crippen molar-refractivity contribution in [1.82, 2.24) is 14.3 Å². The van der Waals surface area contributed by atoms with Gasteiger partial charge in [0.2, 0.25) is 5.91 Å².